The van der Waals surface area contributed by atoms with E-state index in [2.05, 4.69) is 17.2 Å². The molecule has 5 nitrogen and oxygen atoms in total. The highest BCUT2D eigenvalue weighted by atomic mass is 16.5. The van der Waals surface area contributed by atoms with Gasteiger partial charge in [-0.1, -0.05) is 6.92 Å². The second kappa shape index (κ2) is 5.05. The number of anilines is 2. The molecule has 3 N–H and O–H groups in total. The van der Waals surface area contributed by atoms with E-state index in [0.717, 1.165) is 12.1 Å². The molecule has 1 aromatic carbocycles. The number of nitrogens with zero attached hydrogens (tertiary/aromatic N) is 1. The molecule has 0 saturated heterocycles. The Bertz CT molecular complexity index is 495. The van der Waals surface area contributed by atoms with Gasteiger partial charge in [0.2, 0.25) is 0 Å². The highest BCUT2D eigenvalue weighted by molar-refractivity contribution is 5.78. The Balaban J connectivity index is 2.04. The number of rotatable bonds is 5. The Labute approximate surface area is 100.0 Å². The lowest BCUT2D eigenvalue weighted by molar-refractivity contribution is 0.164. The molecule has 0 radical (unpaired) electrons. The van der Waals surface area contributed by atoms with E-state index >= 15 is 0 Å². The molecule has 92 valence electrons. The fourth-order valence-corrected chi connectivity index (χ4v) is 1.62. The third kappa shape index (κ3) is 2.88. The van der Waals surface area contributed by atoms with Crippen LogP contribution in [0.4, 0.5) is 11.7 Å². The van der Waals surface area contributed by atoms with Crippen molar-refractivity contribution in [3.8, 4) is 0 Å². The van der Waals surface area contributed by atoms with Crippen LogP contribution in [0.25, 0.3) is 11.1 Å². The molecule has 5 heteroatoms. The summed E-state index contributed by atoms with van der Waals surface area (Å²) in [6.45, 7) is 3.56. The molecule has 1 unspecified atom stereocenters. The molecule has 0 saturated carbocycles. The first-order valence-corrected chi connectivity index (χ1v) is 5.58. The Morgan fingerprint density at radius 3 is 3.12 bits per heavy atom. The van der Waals surface area contributed by atoms with Gasteiger partial charge < -0.3 is 20.2 Å². The minimum Gasteiger partial charge on any atom is -0.423 e. The number of methoxy groups -OCH3 is 1. The van der Waals surface area contributed by atoms with Crippen molar-refractivity contribution in [3.63, 3.8) is 0 Å². The zero-order valence-electron chi connectivity index (χ0n) is 10.1. The van der Waals surface area contributed by atoms with Gasteiger partial charge in [0.15, 0.2) is 5.58 Å². The SMILES string of the molecule is COCC(C)CNc1nc2ccc(N)cc2o1. The summed E-state index contributed by atoms with van der Waals surface area (Å²) in [6, 6.07) is 5.94. The minimum atomic E-state index is 0.403. The highest BCUT2D eigenvalue weighted by Crippen LogP contribution is 2.21. The average molecular weight is 235 g/mol. The molecule has 2 aromatic rings. The topological polar surface area (TPSA) is 73.3 Å². The predicted octanol–water partition coefficient (Wildman–Crippen LogP) is 2.10. The van der Waals surface area contributed by atoms with Crippen LogP contribution >= 0.6 is 0 Å². The number of fused-ring (bicyclic) bond motifs is 1. The minimum absolute atomic E-state index is 0.403. The molecule has 1 aromatic heterocycles. The summed E-state index contributed by atoms with van der Waals surface area (Å²) >= 11 is 0. The molecule has 1 heterocycles. The van der Waals surface area contributed by atoms with E-state index in [-0.39, 0.29) is 0 Å². The summed E-state index contributed by atoms with van der Waals surface area (Å²) in [6.07, 6.45) is 0. The van der Waals surface area contributed by atoms with E-state index < -0.39 is 0 Å². The average Bonchev–Trinajstić information content (AvgIpc) is 2.68. The maximum atomic E-state index is 5.67. The summed E-state index contributed by atoms with van der Waals surface area (Å²) in [4.78, 5) is 4.31. The van der Waals surface area contributed by atoms with Gasteiger partial charge in [-0.15, -0.1) is 0 Å². The molecule has 0 aliphatic carbocycles. The molecule has 0 fully saturated rings. The molecule has 17 heavy (non-hydrogen) atoms. The van der Waals surface area contributed by atoms with Gasteiger partial charge in [0, 0.05) is 25.4 Å². The van der Waals surface area contributed by atoms with E-state index in [9.17, 15) is 0 Å². The Hall–Kier alpha value is -1.75. The third-order valence-electron chi connectivity index (χ3n) is 2.47. The summed E-state index contributed by atoms with van der Waals surface area (Å²) < 4.78 is 10.6. The van der Waals surface area contributed by atoms with Crippen LogP contribution in [0.1, 0.15) is 6.92 Å². The predicted molar refractivity (Wildman–Crippen MR) is 68.0 cm³/mol. The van der Waals surface area contributed by atoms with E-state index in [1.165, 1.54) is 0 Å². The van der Waals surface area contributed by atoms with E-state index in [1.807, 2.05) is 12.1 Å². The largest absolute Gasteiger partial charge is 0.423 e. The van der Waals surface area contributed by atoms with Gasteiger partial charge in [0.05, 0.1) is 6.61 Å². The Morgan fingerprint density at radius 1 is 1.53 bits per heavy atom. The Morgan fingerprint density at radius 2 is 2.35 bits per heavy atom. The first kappa shape index (κ1) is 11.7. The number of hydrogen-bond donors (Lipinski definition) is 2. The second-order valence-corrected chi connectivity index (χ2v) is 4.19. The van der Waals surface area contributed by atoms with Crippen LogP contribution in [0.3, 0.4) is 0 Å². The lowest BCUT2D eigenvalue weighted by Crippen LogP contribution is -2.15. The van der Waals surface area contributed by atoms with Gasteiger partial charge in [-0.25, -0.2) is 0 Å². The number of nitrogens with one attached hydrogen (secondary N) is 1. The zero-order valence-corrected chi connectivity index (χ0v) is 10.1. The van der Waals surface area contributed by atoms with Crippen LogP contribution in [-0.4, -0.2) is 25.2 Å². The first-order chi connectivity index (χ1) is 8.19. The Kier molecular flexibility index (Phi) is 3.49. The van der Waals surface area contributed by atoms with Crippen molar-refractivity contribution in [1.29, 1.82) is 0 Å². The van der Waals surface area contributed by atoms with Crippen molar-refractivity contribution in [1.82, 2.24) is 4.98 Å². The van der Waals surface area contributed by atoms with E-state index in [1.54, 1.807) is 13.2 Å². The number of hydrogen-bond acceptors (Lipinski definition) is 5. The molecule has 0 amide bonds. The molecule has 0 aliphatic heterocycles. The van der Waals surface area contributed by atoms with Gasteiger partial charge >= 0.3 is 0 Å². The van der Waals surface area contributed by atoms with Crippen molar-refractivity contribution >= 4 is 22.8 Å². The fraction of sp³-hybridized carbons (Fsp3) is 0.417. The first-order valence-electron chi connectivity index (χ1n) is 5.58. The molecular formula is C12H17N3O2. The van der Waals surface area contributed by atoms with Crippen LogP contribution in [0.5, 0.6) is 0 Å². The smallest absolute Gasteiger partial charge is 0.295 e. The van der Waals surface area contributed by atoms with Crippen LogP contribution in [0.15, 0.2) is 22.6 Å². The highest BCUT2D eigenvalue weighted by Gasteiger charge is 2.07. The van der Waals surface area contributed by atoms with Crippen molar-refractivity contribution < 1.29 is 9.15 Å². The van der Waals surface area contributed by atoms with Gasteiger partial charge in [-0.3, -0.25) is 0 Å². The van der Waals surface area contributed by atoms with Crippen molar-refractivity contribution in [2.45, 2.75) is 6.92 Å². The van der Waals surface area contributed by atoms with Crippen LogP contribution < -0.4 is 11.1 Å². The second-order valence-electron chi connectivity index (χ2n) is 4.19. The maximum absolute atomic E-state index is 5.67. The summed E-state index contributed by atoms with van der Waals surface area (Å²) in [7, 11) is 1.69. The van der Waals surface area contributed by atoms with Gasteiger partial charge in [0.1, 0.15) is 5.52 Å². The molecule has 0 spiro atoms. The summed E-state index contributed by atoms with van der Waals surface area (Å²) in [5.41, 5.74) is 7.85. The van der Waals surface area contributed by atoms with Gasteiger partial charge in [-0.2, -0.15) is 4.98 Å². The lowest BCUT2D eigenvalue weighted by Gasteiger charge is -2.09. The number of nitrogen functional groups attached to an aromatic ring is 1. The normalized spacial score (nSPS) is 12.8. The summed E-state index contributed by atoms with van der Waals surface area (Å²) in [5, 5.41) is 3.14. The number of nitrogens with two attached hydrogens (primary N) is 1. The molecular weight excluding hydrogens is 218 g/mol. The third-order valence-corrected chi connectivity index (χ3v) is 2.47. The lowest BCUT2D eigenvalue weighted by atomic mass is 10.2. The van der Waals surface area contributed by atoms with Gasteiger partial charge in [0.25, 0.3) is 6.01 Å². The number of benzene rings is 1. The van der Waals surface area contributed by atoms with E-state index in [4.69, 9.17) is 14.9 Å². The van der Waals surface area contributed by atoms with Crippen LogP contribution in [0, 0.1) is 5.92 Å². The van der Waals surface area contributed by atoms with Crippen molar-refractivity contribution in [2.75, 3.05) is 31.3 Å². The van der Waals surface area contributed by atoms with E-state index in [0.29, 0.717) is 29.8 Å². The van der Waals surface area contributed by atoms with Crippen molar-refractivity contribution in [2.24, 2.45) is 5.92 Å². The zero-order chi connectivity index (χ0) is 12.3. The molecule has 1 atom stereocenters. The molecule has 0 aliphatic rings. The van der Waals surface area contributed by atoms with Gasteiger partial charge in [-0.05, 0) is 18.1 Å². The molecule has 0 bridgehead atoms. The van der Waals surface area contributed by atoms with Crippen LogP contribution in [0.2, 0.25) is 0 Å². The maximum Gasteiger partial charge on any atom is 0.295 e. The van der Waals surface area contributed by atoms with Crippen LogP contribution in [-0.2, 0) is 4.74 Å². The fourth-order valence-electron chi connectivity index (χ4n) is 1.62. The number of oxazole rings is 1. The number of aromatic nitrogens is 1. The molecule has 2 rings (SSSR count). The number of ether oxygens (including phenoxy) is 1. The van der Waals surface area contributed by atoms with Crippen molar-refractivity contribution in [3.05, 3.63) is 18.2 Å². The summed E-state index contributed by atoms with van der Waals surface area (Å²) in [5.74, 6) is 0.403. The monoisotopic (exact) mass is 235 g/mol. The standard InChI is InChI=1S/C12H17N3O2/c1-8(7-16-2)6-14-12-15-10-4-3-9(13)5-11(10)17-12/h3-5,8H,6-7,13H2,1-2H3,(H,14,15). The quantitative estimate of drug-likeness (QED) is 0.776.